The second kappa shape index (κ2) is 6.63. The molecule has 3 rings (SSSR count). The summed E-state index contributed by atoms with van der Waals surface area (Å²) in [5, 5.41) is 4.88. The Morgan fingerprint density at radius 3 is 2.76 bits per heavy atom. The Labute approximate surface area is 127 Å². The minimum absolute atomic E-state index is 0.520. The molecule has 0 atom stereocenters. The smallest absolute Gasteiger partial charge is 0.0594 e. The molecule has 1 aromatic carbocycles. The number of nitrogens with one attached hydrogen (secondary N) is 1. The first kappa shape index (κ1) is 14.6. The Morgan fingerprint density at radius 2 is 2.00 bits per heavy atom. The van der Waals surface area contributed by atoms with Gasteiger partial charge in [0.15, 0.2) is 0 Å². The van der Waals surface area contributed by atoms with Gasteiger partial charge < -0.3 is 14.6 Å². The van der Waals surface area contributed by atoms with Crippen LogP contribution in [-0.4, -0.2) is 23.8 Å². The van der Waals surface area contributed by atoms with E-state index in [0.29, 0.717) is 6.10 Å². The summed E-state index contributed by atoms with van der Waals surface area (Å²) in [6, 6.07) is 8.61. The van der Waals surface area contributed by atoms with Gasteiger partial charge >= 0.3 is 0 Å². The second-order valence-electron chi connectivity index (χ2n) is 6.10. The van der Waals surface area contributed by atoms with Crippen molar-refractivity contribution in [3.8, 4) is 0 Å². The Balaban J connectivity index is 1.53. The van der Waals surface area contributed by atoms with Gasteiger partial charge in [-0.1, -0.05) is 31.0 Å². The van der Waals surface area contributed by atoms with Crippen LogP contribution in [0.4, 0.5) is 0 Å². The molecule has 0 spiro atoms. The topological polar surface area (TPSA) is 26.2 Å². The zero-order chi connectivity index (χ0) is 14.7. The minimum atomic E-state index is 0.520. The zero-order valence-electron chi connectivity index (χ0n) is 13.2. The summed E-state index contributed by atoms with van der Waals surface area (Å²) in [7, 11) is 2.15. The number of benzene rings is 1. The summed E-state index contributed by atoms with van der Waals surface area (Å²) >= 11 is 0. The first-order chi connectivity index (χ1) is 10.3. The highest BCUT2D eigenvalue weighted by Gasteiger charge is 2.15. The molecule has 1 aliphatic rings. The summed E-state index contributed by atoms with van der Waals surface area (Å²) < 4.78 is 8.19. The number of fused-ring (bicyclic) bond motifs is 1. The molecule has 1 heterocycles. The monoisotopic (exact) mass is 286 g/mol. The van der Waals surface area contributed by atoms with E-state index < -0.39 is 0 Å². The van der Waals surface area contributed by atoms with Crippen LogP contribution in [-0.2, 0) is 18.3 Å². The quantitative estimate of drug-likeness (QED) is 0.822. The Morgan fingerprint density at radius 1 is 1.24 bits per heavy atom. The molecule has 114 valence electrons. The van der Waals surface area contributed by atoms with E-state index in [0.717, 1.165) is 19.7 Å². The van der Waals surface area contributed by atoms with E-state index in [1.807, 2.05) is 0 Å². The van der Waals surface area contributed by atoms with Gasteiger partial charge in [0.05, 0.1) is 12.7 Å². The molecular weight excluding hydrogens is 260 g/mol. The van der Waals surface area contributed by atoms with Crippen molar-refractivity contribution >= 4 is 10.9 Å². The summed E-state index contributed by atoms with van der Waals surface area (Å²) in [4.78, 5) is 0. The van der Waals surface area contributed by atoms with Crippen LogP contribution in [0.2, 0.25) is 0 Å². The summed E-state index contributed by atoms with van der Waals surface area (Å²) in [6.45, 7) is 4.88. The van der Waals surface area contributed by atoms with Crippen molar-refractivity contribution in [2.24, 2.45) is 7.05 Å². The van der Waals surface area contributed by atoms with E-state index >= 15 is 0 Å². The maximum absolute atomic E-state index is 5.89. The molecule has 1 aromatic heterocycles. The number of hydrogen-bond acceptors (Lipinski definition) is 2. The van der Waals surface area contributed by atoms with E-state index in [-0.39, 0.29) is 0 Å². The van der Waals surface area contributed by atoms with Gasteiger partial charge in [-0.3, -0.25) is 0 Å². The van der Waals surface area contributed by atoms with Crippen LogP contribution >= 0.6 is 0 Å². The molecule has 2 aromatic rings. The van der Waals surface area contributed by atoms with Crippen LogP contribution in [0.1, 0.15) is 36.9 Å². The van der Waals surface area contributed by atoms with E-state index in [1.54, 1.807) is 0 Å². The standard InChI is InChI=1S/C18H26N2O/c1-14-16-9-5-6-10-17(16)20(2)18(14)13-19-11-12-21-15-7-3-4-8-15/h5-6,9-10,15,19H,3-4,7-8,11-13H2,1-2H3. The van der Waals surface area contributed by atoms with Crippen molar-refractivity contribution in [3.05, 3.63) is 35.5 Å². The zero-order valence-corrected chi connectivity index (χ0v) is 13.2. The van der Waals surface area contributed by atoms with Gasteiger partial charge in [-0.15, -0.1) is 0 Å². The molecule has 0 radical (unpaired) electrons. The van der Waals surface area contributed by atoms with Gasteiger partial charge in [0.25, 0.3) is 0 Å². The van der Waals surface area contributed by atoms with Crippen molar-refractivity contribution in [3.63, 3.8) is 0 Å². The van der Waals surface area contributed by atoms with Crippen molar-refractivity contribution < 1.29 is 4.74 Å². The third kappa shape index (κ3) is 3.14. The van der Waals surface area contributed by atoms with Crippen LogP contribution in [0.15, 0.2) is 24.3 Å². The first-order valence-electron chi connectivity index (χ1n) is 8.12. The molecule has 1 saturated carbocycles. The molecule has 0 unspecified atom stereocenters. The second-order valence-corrected chi connectivity index (χ2v) is 6.10. The highest BCUT2D eigenvalue weighted by molar-refractivity contribution is 5.85. The molecule has 0 saturated heterocycles. The van der Waals surface area contributed by atoms with Crippen LogP contribution in [0, 0.1) is 6.92 Å². The van der Waals surface area contributed by atoms with Gasteiger partial charge in [-0.05, 0) is 31.4 Å². The van der Waals surface area contributed by atoms with Gasteiger partial charge in [0, 0.05) is 36.7 Å². The third-order valence-corrected chi connectivity index (χ3v) is 4.73. The van der Waals surface area contributed by atoms with E-state index in [4.69, 9.17) is 4.74 Å². The number of aryl methyl sites for hydroxylation is 2. The molecule has 1 aliphatic carbocycles. The summed E-state index contributed by atoms with van der Waals surface area (Å²) in [6.07, 6.45) is 5.71. The van der Waals surface area contributed by atoms with E-state index in [2.05, 4.69) is 48.1 Å². The number of aromatic nitrogens is 1. The molecule has 1 fully saturated rings. The van der Waals surface area contributed by atoms with Gasteiger partial charge in [-0.2, -0.15) is 0 Å². The van der Waals surface area contributed by atoms with Crippen molar-refractivity contribution in [2.45, 2.75) is 45.3 Å². The summed E-state index contributed by atoms with van der Waals surface area (Å²) in [5.41, 5.74) is 4.07. The lowest BCUT2D eigenvalue weighted by molar-refractivity contribution is 0.0602. The number of rotatable bonds is 6. The Hall–Kier alpha value is -1.32. The Bertz CT molecular complexity index is 558. The number of nitrogens with zero attached hydrogens (tertiary/aromatic N) is 1. The van der Waals surface area contributed by atoms with Crippen LogP contribution in [0.3, 0.4) is 0 Å². The fraction of sp³-hybridized carbons (Fsp3) is 0.556. The van der Waals surface area contributed by atoms with Gasteiger partial charge in [0.1, 0.15) is 0 Å². The average molecular weight is 286 g/mol. The lowest BCUT2D eigenvalue weighted by Crippen LogP contribution is -2.23. The first-order valence-corrected chi connectivity index (χ1v) is 8.12. The van der Waals surface area contributed by atoms with Gasteiger partial charge in [0.2, 0.25) is 0 Å². The number of para-hydroxylation sites is 1. The Kier molecular flexibility index (Phi) is 4.61. The van der Waals surface area contributed by atoms with Crippen molar-refractivity contribution in [2.75, 3.05) is 13.2 Å². The lowest BCUT2D eigenvalue weighted by atomic mass is 10.1. The highest BCUT2D eigenvalue weighted by Crippen LogP contribution is 2.24. The molecule has 21 heavy (non-hydrogen) atoms. The molecule has 0 amide bonds. The van der Waals surface area contributed by atoms with Gasteiger partial charge in [-0.25, -0.2) is 0 Å². The SMILES string of the molecule is Cc1c(CNCCOC2CCCC2)n(C)c2ccccc12. The maximum Gasteiger partial charge on any atom is 0.0594 e. The average Bonchev–Trinajstić information content (AvgIpc) is 3.10. The van der Waals surface area contributed by atoms with Crippen molar-refractivity contribution in [1.82, 2.24) is 9.88 Å². The molecule has 3 heteroatoms. The molecule has 0 bridgehead atoms. The minimum Gasteiger partial charge on any atom is -0.377 e. The molecule has 3 nitrogen and oxygen atoms in total. The highest BCUT2D eigenvalue weighted by atomic mass is 16.5. The molecule has 0 aliphatic heterocycles. The van der Waals surface area contributed by atoms with Crippen LogP contribution < -0.4 is 5.32 Å². The number of ether oxygens (including phenoxy) is 1. The van der Waals surface area contributed by atoms with Crippen LogP contribution in [0.25, 0.3) is 10.9 Å². The van der Waals surface area contributed by atoms with E-state index in [9.17, 15) is 0 Å². The fourth-order valence-corrected chi connectivity index (χ4v) is 3.45. The molecular formula is C18H26N2O. The van der Waals surface area contributed by atoms with Crippen LogP contribution in [0.5, 0.6) is 0 Å². The lowest BCUT2D eigenvalue weighted by Gasteiger charge is -2.12. The maximum atomic E-state index is 5.89. The van der Waals surface area contributed by atoms with E-state index in [1.165, 1.54) is 47.8 Å². The normalized spacial score (nSPS) is 16.1. The number of hydrogen-bond donors (Lipinski definition) is 1. The third-order valence-electron chi connectivity index (χ3n) is 4.73. The predicted molar refractivity (Wildman–Crippen MR) is 87.6 cm³/mol. The summed E-state index contributed by atoms with van der Waals surface area (Å²) in [5.74, 6) is 0. The molecule has 1 N–H and O–H groups in total. The predicted octanol–water partition coefficient (Wildman–Crippen LogP) is 3.54. The van der Waals surface area contributed by atoms with Crippen molar-refractivity contribution in [1.29, 1.82) is 0 Å². The fourth-order valence-electron chi connectivity index (χ4n) is 3.45. The largest absolute Gasteiger partial charge is 0.377 e.